The van der Waals surface area contributed by atoms with E-state index in [1.54, 1.807) is 12.1 Å². The van der Waals surface area contributed by atoms with Gasteiger partial charge in [0, 0.05) is 29.2 Å². The standard InChI is InChI=1S/C27H27N3O3/c1-15-5-11-19(12-6-15)30-25-22(16(2)29-30)23(17-7-9-18(10-8-17)26(32)33)24-20(28-25)13-27(3,4)14-21(24)31/h5-12,23,28H,13-14H2,1-4H3,(H,32,33). The van der Waals surface area contributed by atoms with E-state index in [2.05, 4.69) is 38.2 Å². The van der Waals surface area contributed by atoms with E-state index in [-0.39, 0.29) is 22.7 Å². The highest BCUT2D eigenvalue weighted by Gasteiger charge is 2.43. The van der Waals surface area contributed by atoms with Gasteiger partial charge in [0.05, 0.1) is 16.9 Å². The van der Waals surface area contributed by atoms with Crippen LogP contribution in [0.3, 0.4) is 0 Å². The number of allylic oxidation sites excluding steroid dienone is 2. The Kier molecular flexibility index (Phi) is 4.78. The highest BCUT2D eigenvalue weighted by atomic mass is 16.4. The van der Waals surface area contributed by atoms with Crippen LogP contribution in [-0.4, -0.2) is 26.6 Å². The molecule has 6 nitrogen and oxygen atoms in total. The molecule has 33 heavy (non-hydrogen) atoms. The second-order valence-corrected chi connectivity index (χ2v) is 9.91. The Hall–Kier alpha value is -3.67. The lowest BCUT2D eigenvalue weighted by Crippen LogP contribution is -2.34. The summed E-state index contributed by atoms with van der Waals surface area (Å²) in [5, 5.41) is 17.8. The first-order valence-corrected chi connectivity index (χ1v) is 11.2. The summed E-state index contributed by atoms with van der Waals surface area (Å²) in [6.45, 7) is 8.25. The predicted molar refractivity (Wildman–Crippen MR) is 127 cm³/mol. The van der Waals surface area contributed by atoms with Crippen LogP contribution in [0.1, 0.15) is 65.3 Å². The average Bonchev–Trinajstić information content (AvgIpc) is 3.08. The number of nitrogens with one attached hydrogen (secondary N) is 1. The van der Waals surface area contributed by atoms with Gasteiger partial charge in [-0.1, -0.05) is 43.7 Å². The van der Waals surface area contributed by atoms with Gasteiger partial charge in [-0.05, 0) is 55.5 Å². The number of Topliss-reactive ketones (excluding diaryl/α,β-unsaturated/α-hetero) is 1. The maximum absolute atomic E-state index is 13.4. The minimum atomic E-state index is -0.966. The van der Waals surface area contributed by atoms with E-state index in [0.29, 0.717) is 6.42 Å². The fourth-order valence-corrected chi connectivity index (χ4v) is 5.10. The van der Waals surface area contributed by atoms with Crippen molar-refractivity contribution in [1.82, 2.24) is 9.78 Å². The van der Waals surface area contributed by atoms with Crippen LogP contribution in [0.2, 0.25) is 0 Å². The Morgan fingerprint density at radius 3 is 2.36 bits per heavy atom. The second-order valence-electron chi connectivity index (χ2n) is 9.91. The number of ketones is 1. The van der Waals surface area contributed by atoms with E-state index < -0.39 is 5.97 Å². The molecule has 0 fully saturated rings. The molecule has 0 spiro atoms. The molecular weight excluding hydrogens is 414 g/mol. The van der Waals surface area contributed by atoms with Gasteiger partial charge < -0.3 is 10.4 Å². The van der Waals surface area contributed by atoms with Crippen molar-refractivity contribution in [3.05, 3.63) is 87.7 Å². The van der Waals surface area contributed by atoms with Crippen LogP contribution in [0.15, 0.2) is 59.8 Å². The summed E-state index contributed by atoms with van der Waals surface area (Å²) in [6, 6.07) is 15.1. The Morgan fingerprint density at radius 1 is 1.06 bits per heavy atom. The van der Waals surface area contributed by atoms with E-state index in [4.69, 9.17) is 5.10 Å². The lowest BCUT2D eigenvalue weighted by Gasteiger charge is -2.38. The molecule has 2 aliphatic rings. The van der Waals surface area contributed by atoms with Crippen LogP contribution < -0.4 is 5.32 Å². The molecule has 0 amide bonds. The molecule has 2 heterocycles. The first kappa shape index (κ1) is 21.2. The Labute approximate surface area is 192 Å². The number of aromatic carboxylic acids is 1. The molecule has 0 saturated carbocycles. The summed E-state index contributed by atoms with van der Waals surface area (Å²) >= 11 is 0. The van der Waals surface area contributed by atoms with Gasteiger partial charge >= 0.3 is 5.97 Å². The molecule has 1 aromatic heterocycles. The molecule has 1 atom stereocenters. The minimum Gasteiger partial charge on any atom is -0.478 e. The third-order valence-corrected chi connectivity index (χ3v) is 6.64. The number of nitrogens with zero attached hydrogens (tertiary/aromatic N) is 2. The number of aromatic nitrogens is 2. The number of hydrogen-bond acceptors (Lipinski definition) is 4. The van der Waals surface area contributed by atoms with Gasteiger partial charge in [-0.3, -0.25) is 4.79 Å². The molecule has 0 bridgehead atoms. The molecule has 1 unspecified atom stereocenters. The quantitative estimate of drug-likeness (QED) is 0.569. The van der Waals surface area contributed by atoms with Crippen molar-refractivity contribution >= 4 is 17.6 Å². The fourth-order valence-electron chi connectivity index (χ4n) is 5.10. The topological polar surface area (TPSA) is 84.2 Å². The van der Waals surface area contributed by atoms with Gasteiger partial charge in [0.15, 0.2) is 5.78 Å². The summed E-state index contributed by atoms with van der Waals surface area (Å²) in [6.07, 6.45) is 1.24. The molecular formula is C27H27N3O3. The van der Waals surface area contributed by atoms with Crippen LogP contribution in [0.5, 0.6) is 0 Å². The number of hydrogen-bond donors (Lipinski definition) is 2. The molecule has 2 aromatic carbocycles. The molecule has 2 N–H and O–H groups in total. The van der Waals surface area contributed by atoms with Crippen LogP contribution in [-0.2, 0) is 4.79 Å². The van der Waals surface area contributed by atoms with Gasteiger partial charge in [0.1, 0.15) is 5.82 Å². The molecule has 3 aromatic rings. The molecule has 1 aliphatic carbocycles. The molecule has 6 heteroatoms. The number of benzene rings is 2. The van der Waals surface area contributed by atoms with Gasteiger partial charge in [-0.2, -0.15) is 5.10 Å². The molecule has 0 saturated heterocycles. The van der Waals surface area contributed by atoms with Crippen molar-refractivity contribution in [2.24, 2.45) is 5.41 Å². The molecule has 0 radical (unpaired) electrons. The lowest BCUT2D eigenvalue weighted by molar-refractivity contribution is -0.118. The number of carboxylic acids is 1. The largest absolute Gasteiger partial charge is 0.478 e. The first-order chi connectivity index (χ1) is 15.6. The van der Waals surface area contributed by atoms with Gasteiger partial charge in [0.2, 0.25) is 0 Å². The monoisotopic (exact) mass is 441 g/mol. The molecule has 168 valence electrons. The Morgan fingerprint density at radius 2 is 1.73 bits per heavy atom. The van der Waals surface area contributed by atoms with Crippen LogP contribution in [0.25, 0.3) is 5.69 Å². The summed E-state index contributed by atoms with van der Waals surface area (Å²) < 4.78 is 1.92. The zero-order valence-electron chi connectivity index (χ0n) is 19.3. The third kappa shape index (κ3) is 3.55. The zero-order valence-corrected chi connectivity index (χ0v) is 19.3. The zero-order chi connectivity index (χ0) is 23.5. The minimum absolute atomic E-state index is 0.134. The number of anilines is 1. The fraction of sp³-hybridized carbons (Fsp3) is 0.296. The van der Waals surface area contributed by atoms with Crippen LogP contribution in [0.4, 0.5) is 5.82 Å². The van der Waals surface area contributed by atoms with Gasteiger partial charge in [-0.15, -0.1) is 0 Å². The van der Waals surface area contributed by atoms with Gasteiger partial charge in [-0.25, -0.2) is 9.48 Å². The van der Waals surface area contributed by atoms with Crippen molar-refractivity contribution in [1.29, 1.82) is 0 Å². The summed E-state index contributed by atoms with van der Waals surface area (Å²) in [4.78, 5) is 24.8. The number of carbonyl (C=O) groups excluding carboxylic acids is 1. The smallest absolute Gasteiger partial charge is 0.335 e. The highest BCUT2D eigenvalue weighted by molar-refractivity contribution is 6.01. The van der Waals surface area contributed by atoms with Crippen molar-refractivity contribution in [2.45, 2.75) is 46.5 Å². The number of carbonyl (C=O) groups is 2. The molecule has 5 rings (SSSR count). The number of carboxylic acid groups (broad SMARTS) is 1. The third-order valence-electron chi connectivity index (χ3n) is 6.64. The van der Waals surface area contributed by atoms with Crippen molar-refractivity contribution in [3.63, 3.8) is 0 Å². The van der Waals surface area contributed by atoms with E-state index in [9.17, 15) is 14.7 Å². The van der Waals surface area contributed by atoms with Crippen molar-refractivity contribution < 1.29 is 14.7 Å². The van der Waals surface area contributed by atoms with E-state index in [0.717, 1.165) is 46.0 Å². The summed E-state index contributed by atoms with van der Waals surface area (Å²) in [5.41, 5.74) is 6.62. The highest BCUT2D eigenvalue weighted by Crippen LogP contribution is 2.50. The van der Waals surface area contributed by atoms with Crippen molar-refractivity contribution in [3.8, 4) is 5.69 Å². The lowest BCUT2D eigenvalue weighted by atomic mass is 9.69. The Bertz CT molecular complexity index is 1310. The van der Waals surface area contributed by atoms with Gasteiger partial charge in [0.25, 0.3) is 0 Å². The van der Waals surface area contributed by atoms with E-state index >= 15 is 0 Å². The van der Waals surface area contributed by atoms with Crippen molar-refractivity contribution in [2.75, 3.05) is 5.32 Å². The number of fused-ring (bicyclic) bond motifs is 1. The van der Waals surface area contributed by atoms with Crippen LogP contribution >= 0.6 is 0 Å². The average molecular weight is 442 g/mol. The SMILES string of the molecule is Cc1ccc(-n2nc(C)c3c2NC2=C(C(=O)CC(C)(C)C2)C3c2ccc(C(=O)O)cc2)cc1. The molecule has 1 aliphatic heterocycles. The predicted octanol–water partition coefficient (Wildman–Crippen LogP) is 5.39. The van der Waals surface area contributed by atoms with E-state index in [1.807, 2.05) is 35.9 Å². The Balaban J connectivity index is 1.73. The summed E-state index contributed by atoms with van der Waals surface area (Å²) in [7, 11) is 0. The maximum atomic E-state index is 13.4. The number of rotatable bonds is 3. The summed E-state index contributed by atoms with van der Waals surface area (Å²) in [5.74, 6) is -0.254. The maximum Gasteiger partial charge on any atom is 0.335 e. The number of aryl methyl sites for hydroxylation is 2. The normalized spacial score (nSPS) is 19.0. The van der Waals surface area contributed by atoms with Crippen LogP contribution in [0, 0.1) is 19.3 Å². The first-order valence-electron chi connectivity index (χ1n) is 11.2. The van der Waals surface area contributed by atoms with E-state index in [1.165, 1.54) is 5.56 Å². The second kappa shape index (κ2) is 7.44.